The van der Waals surface area contributed by atoms with Gasteiger partial charge >= 0.3 is 0 Å². The number of ketones is 1. The lowest BCUT2D eigenvalue weighted by molar-refractivity contribution is 0.0977. The van der Waals surface area contributed by atoms with Gasteiger partial charge in [-0.2, -0.15) is 0 Å². The number of aromatic hydroxyl groups is 4. The lowest BCUT2D eigenvalue weighted by Crippen LogP contribution is -2.03. The molecule has 0 amide bonds. The van der Waals surface area contributed by atoms with E-state index in [9.17, 15) is 25.2 Å². The summed E-state index contributed by atoms with van der Waals surface area (Å²) in [6, 6.07) is 4.87. The Kier molecular flexibility index (Phi) is 5.59. The summed E-state index contributed by atoms with van der Waals surface area (Å²) in [4.78, 5) is 12.3. The van der Waals surface area contributed by atoms with Gasteiger partial charge < -0.3 is 20.4 Å². The van der Waals surface area contributed by atoms with Crippen molar-refractivity contribution in [2.24, 2.45) is 0 Å². The fraction of sp³-hybridized carbons (Fsp3) is 0.133. The number of hydrogen-bond donors (Lipinski definition) is 4. The number of hydrogen-bond acceptors (Lipinski definition) is 5. The summed E-state index contributed by atoms with van der Waals surface area (Å²) in [7, 11) is 0. The zero-order valence-corrected chi connectivity index (χ0v) is 16.2. The van der Waals surface area contributed by atoms with Crippen LogP contribution >= 0.6 is 47.8 Å². The van der Waals surface area contributed by atoms with Crippen molar-refractivity contribution in [3.63, 3.8) is 0 Å². The average Bonchev–Trinajstić information content (AvgIpc) is 2.52. The predicted octanol–water partition coefficient (Wildman–Crippen LogP) is 4.61. The van der Waals surface area contributed by atoms with Crippen LogP contribution in [0, 0.1) is 0 Å². The lowest BCUT2D eigenvalue weighted by atomic mass is 10.0. The molecular formula is C15H11Br3O5. The molecule has 0 bridgehead atoms. The van der Waals surface area contributed by atoms with Gasteiger partial charge in [0.2, 0.25) is 0 Å². The molecule has 4 N–H and O–H groups in total. The summed E-state index contributed by atoms with van der Waals surface area (Å²) in [5.74, 6) is -1.80. The summed E-state index contributed by atoms with van der Waals surface area (Å²) in [6.07, 6.45) is 0.384. The molecular weight excluding hydrogens is 500 g/mol. The van der Waals surface area contributed by atoms with Crippen molar-refractivity contribution < 1.29 is 25.2 Å². The molecule has 0 saturated carbocycles. The molecule has 0 aliphatic rings. The first-order valence-corrected chi connectivity index (χ1v) is 8.74. The fourth-order valence-electron chi connectivity index (χ4n) is 2.01. The van der Waals surface area contributed by atoms with Crippen LogP contribution in [0.25, 0.3) is 0 Å². The molecule has 0 aliphatic heterocycles. The number of phenols is 4. The van der Waals surface area contributed by atoms with Crippen molar-refractivity contribution in [1.29, 1.82) is 0 Å². The first kappa shape index (κ1) is 18.1. The van der Waals surface area contributed by atoms with Gasteiger partial charge in [0.15, 0.2) is 11.5 Å². The minimum Gasteiger partial charge on any atom is -0.507 e. The Morgan fingerprint density at radius 1 is 0.913 bits per heavy atom. The number of rotatable bonds is 4. The molecule has 0 unspecified atom stereocenters. The average molecular weight is 511 g/mol. The van der Waals surface area contributed by atoms with Crippen LogP contribution in [-0.4, -0.2) is 26.2 Å². The molecule has 23 heavy (non-hydrogen) atoms. The SMILES string of the molecule is O=C(CCc1ccc(O)c(Br)c1)c1c(O)c(Br)c(O)c(Br)c1O. The Labute approximate surface area is 157 Å². The highest BCUT2D eigenvalue weighted by atomic mass is 79.9. The van der Waals surface area contributed by atoms with Crippen molar-refractivity contribution in [3.8, 4) is 23.0 Å². The van der Waals surface area contributed by atoms with E-state index in [-0.39, 0.29) is 32.4 Å². The van der Waals surface area contributed by atoms with Gasteiger partial charge in [-0.1, -0.05) is 6.07 Å². The Balaban J connectivity index is 2.26. The van der Waals surface area contributed by atoms with E-state index in [1.807, 2.05) is 0 Å². The Morgan fingerprint density at radius 3 is 2.00 bits per heavy atom. The Hall–Kier alpha value is -1.25. The number of halogens is 3. The van der Waals surface area contributed by atoms with Crippen LogP contribution in [0.15, 0.2) is 31.6 Å². The molecule has 5 nitrogen and oxygen atoms in total. The highest BCUT2D eigenvalue weighted by Crippen LogP contribution is 2.48. The highest BCUT2D eigenvalue weighted by Gasteiger charge is 2.25. The molecule has 2 aromatic carbocycles. The predicted molar refractivity (Wildman–Crippen MR) is 95.3 cm³/mol. The van der Waals surface area contributed by atoms with Crippen molar-refractivity contribution in [2.45, 2.75) is 12.8 Å². The number of aryl methyl sites for hydroxylation is 1. The lowest BCUT2D eigenvalue weighted by Gasteiger charge is -2.12. The van der Waals surface area contributed by atoms with Gasteiger partial charge in [-0.15, -0.1) is 0 Å². The van der Waals surface area contributed by atoms with Crippen LogP contribution < -0.4 is 0 Å². The molecule has 2 aromatic rings. The first-order chi connectivity index (χ1) is 10.7. The molecule has 0 aliphatic carbocycles. The van der Waals surface area contributed by atoms with E-state index >= 15 is 0 Å². The molecule has 8 heteroatoms. The van der Waals surface area contributed by atoms with Crippen molar-refractivity contribution in [1.82, 2.24) is 0 Å². The number of carbonyl (C=O) groups excluding carboxylic acids is 1. The molecule has 0 spiro atoms. The van der Waals surface area contributed by atoms with Gasteiger partial charge in [-0.05, 0) is 71.9 Å². The third-order valence-corrected chi connectivity index (χ3v) is 5.37. The molecule has 122 valence electrons. The molecule has 0 heterocycles. The van der Waals surface area contributed by atoms with E-state index in [0.717, 1.165) is 5.56 Å². The zero-order chi connectivity index (χ0) is 17.3. The smallest absolute Gasteiger partial charge is 0.170 e. The van der Waals surface area contributed by atoms with E-state index < -0.39 is 17.3 Å². The van der Waals surface area contributed by atoms with Gasteiger partial charge in [-0.25, -0.2) is 0 Å². The standard InChI is InChI=1S/C15H11Br3O5/c16-7-5-6(1-3-8(7)19)2-4-9(20)10-13(21)11(17)15(23)12(18)14(10)22/h1,3,5,19,21-23H,2,4H2. The quantitative estimate of drug-likeness (QED) is 0.450. The van der Waals surface area contributed by atoms with Crippen LogP contribution in [-0.2, 0) is 6.42 Å². The summed E-state index contributed by atoms with van der Waals surface area (Å²) < 4.78 is 0.374. The third-order valence-electron chi connectivity index (χ3n) is 3.24. The summed E-state index contributed by atoms with van der Waals surface area (Å²) >= 11 is 9.13. The van der Waals surface area contributed by atoms with Crippen molar-refractivity contribution >= 4 is 53.6 Å². The molecule has 0 atom stereocenters. The molecule has 2 rings (SSSR count). The minimum atomic E-state index is -0.514. The van der Waals surface area contributed by atoms with Crippen LogP contribution in [0.1, 0.15) is 22.3 Å². The molecule has 0 saturated heterocycles. The number of carbonyl (C=O) groups is 1. The largest absolute Gasteiger partial charge is 0.507 e. The second kappa shape index (κ2) is 7.11. The van der Waals surface area contributed by atoms with E-state index in [0.29, 0.717) is 10.9 Å². The van der Waals surface area contributed by atoms with E-state index in [1.165, 1.54) is 6.07 Å². The van der Waals surface area contributed by atoms with Crippen molar-refractivity contribution in [3.05, 3.63) is 42.7 Å². The second-order valence-electron chi connectivity index (χ2n) is 4.76. The Bertz CT molecular complexity index is 760. The van der Waals surface area contributed by atoms with Crippen LogP contribution in [0.2, 0.25) is 0 Å². The summed E-state index contributed by atoms with van der Waals surface area (Å²) in [5.41, 5.74) is 0.540. The Morgan fingerprint density at radius 2 is 1.48 bits per heavy atom. The van der Waals surface area contributed by atoms with Gasteiger partial charge in [0, 0.05) is 6.42 Å². The topological polar surface area (TPSA) is 98.0 Å². The van der Waals surface area contributed by atoms with Crippen LogP contribution in [0.5, 0.6) is 23.0 Å². The normalized spacial score (nSPS) is 10.7. The van der Waals surface area contributed by atoms with E-state index in [1.54, 1.807) is 12.1 Å². The van der Waals surface area contributed by atoms with Crippen molar-refractivity contribution in [2.75, 3.05) is 0 Å². The number of benzene rings is 2. The third kappa shape index (κ3) is 3.64. The minimum absolute atomic E-state index is 0.0298. The molecule has 0 radical (unpaired) electrons. The summed E-state index contributed by atoms with van der Waals surface area (Å²) in [6.45, 7) is 0. The van der Waals surface area contributed by atoms with E-state index in [2.05, 4.69) is 47.8 Å². The monoisotopic (exact) mass is 508 g/mol. The second-order valence-corrected chi connectivity index (χ2v) is 7.20. The fourth-order valence-corrected chi connectivity index (χ4v) is 3.49. The number of phenolic OH excluding ortho intramolecular Hbond substituents is 4. The van der Waals surface area contributed by atoms with E-state index in [4.69, 9.17) is 0 Å². The molecule has 0 fully saturated rings. The van der Waals surface area contributed by atoms with Gasteiger partial charge in [0.1, 0.15) is 31.8 Å². The highest BCUT2D eigenvalue weighted by molar-refractivity contribution is 9.11. The van der Waals surface area contributed by atoms with Crippen LogP contribution in [0.4, 0.5) is 0 Å². The van der Waals surface area contributed by atoms with Gasteiger partial charge in [0.25, 0.3) is 0 Å². The number of Topliss-reactive ketones (excluding diaryl/α,β-unsaturated/α-hetero) is 1. The first-order valence-electron chi connectivity index (χ1n) is 6.36. The maximum atomic E-state index is 12.3. The summed E-state index contributed by atoms with van der Waals surface area (Å²) in [5, 5.41) is 39.1. The van der Waals surface area contributed by atoms with Crippen LogP contribution in [0.3, 0.4) is 0 Å². The molecule has 0 aromatic heterocycles. The zero-order valence-electron chi connectivity index (χ0n) is 11.5. The van der Waals surface area contributed by atoms with Gasteiger partial charge in [-0.3, -0.25) is 4.79 Å². The maximum absolute atomic E-state index is 12.3. The maximum Gasteiger partial charge on any atom is 0.170 e. The van der Waals surface area contributed by atoms with Gasteiger partial charge in [0.05, 0.1) is 4.47 Å².